The number of carbonyl (C=O) groups excluding carboxylic acids is 1. The van der Waals surface area contributed by atoms with Gasteiger partial charge in [0.25, 0.3) is 5.91 Å². The Morgan fingerprint density at radius 1 is 1.33 bits per heavy atom. The van der Waals surface area contributed by atoms with E-state index < -0.39 is 0 Å². The van der Waals surface area contributed by atoms with E-state index in [2.05, 4.69) is 11.0 Å². The summed E-state index contributed by atoms with van der Waals surface area (Å²) in [4.78, 5) is 22.6. The molecule has 0 radical (unpaired) electrons. The van der Waals surface area contributed by atoms with Crippen molar-refractivity contribution in [1.29, 1.82) is 5.26 Å². The Bertz CT molecular complexity index is 1020. The first-order chi connectivity index (χ1) is 16.2. The molecule has 1 aromatic carbocycles. The predicted molar refractivity (Wildman–Crippen MR) is 129 cm³/mol. The molecule has 0 spiro atoms. The van der Waals surface area contributed by atoms with Gasteiger partial charge in [0.2, 0.25) is 0 Å². The lowest BCUT2D eigenvalue weighted by Gasteiger charge is -2.24. The minimum absolute atomic E-state index is 0.0909. The molecule has 0 saturated carbocycles. The van der Waals surface area contributed by atoms with E-state index in [9.17, 15) is 10.1 Å². The van der Waals surface area contributed by atoms with Gasteiger partial charge in [-0.3, -0.25) is 4.79 Å². The van der Waals surface area contributed by atoms with E-state index in [1.807, 2.05) is 29.9 Å². The van der Waals surface area contributed by atoms with Crippen LogP contribution in [0.4, 0.5) is 5.69 Å². The number of benzene rings is 1. The Kier molecular flexibility index (Phi) is 8.10. The minimum Gasteiger partial charge on any atom is -0.379 e. The lowest BCUT2D eigenvalue weighted by Crippen LogP contribution is -2.28. The van der Waals surface area contributed by atoms with E-state index in [1.165, 1.54) is 30.6 Å². The summed E-state index contributed by atoms with van der Waals surface area (Å²) in [5.74, 6) is -0.103. The van der Waals surface area contributed by atoms with Crippen LogP contribution in [0.15, 0.2) is 34.6 Å². The molecule has 1 amide bonds. The van der Waals surface area contributed by atoms with Crippen LogP contribution in [0.3, 0.4) is 0 Å². The third-order valence-corrected chi connectivity index (χ3v) is 7.03. The van der Waals surface area contributed by atoms with Gasteiger partial charge in [0.1, 0.15) is 4.88 Å². The van der Waals surface area contributed by atoms with Crippen molar-refractivity contribution in [3.8, 4) is 6.07 Å². The lowest BCUT2D eigenvalue weighted by molar-refractivity contribution is 0.0321. The van der Waals surface area contributed by atoms with Gasteiger partial charge in [-0.25, -0.2) is 4.99 Å². The second-order valence-electron chi connectivity index (χ2n) is 8.51. The Balaban J connectivity index is 1.53. The minimum atomic E-state index is -0.103. The average molecular weight is 467 g/mol. The Morgan fingerprint density at radius 3 is 2.91 bits per heavy atom. The number of aliphatic imine (C=N–C) groups is 1. The van der Waals surface area contributed by atoms with Crippen molar-refractivity contribution in [3.63, 3.8) is 0 Å². The van der Waals surface area contributed by atoms with Crippen molar-refractivity contribution >= 4 is 29.3 Å². The van der Waals surface area contributed by atoms with Gasteiger partial charge in [-0.1, -0.05) is 18.2 Å². The highest BCUT2D eigenvalue weighted by Gasteiger charge is 2.23. The molecule has 2 aliphatic heterocycles. The van der Waals surface area contributed by atoms with Crippen LogP contribution >= 0.6 is 11.3 Å². The Morgan fingerprint density at radius 2 is 2.15 bits per heavy atom. The summed E-state index contributed by atoms with van der Waals surface area (Å²) in [7, 11) is 1.76. The second-order valence-corrected chi connectivity index (χ2v) is 9.39. The van der Waals surface area contributed by atoms with Crippen LogP contribution in [-0.4, -0.2) is 61.5 Å². The standard InChI is InChI=1S/C25H30N4O3S/c1-28(14-20-8-4-3-7-19(20)13-26)25(30)24-23(27-18-29-10-5-2-6-11-29)21(17-33-24)15-32-22-9-12-31-16-22/h3-4,7-8,17-18,22H,2,5-6,9-12,14-16H2,1H3. The van der Waals surface area contributed by atoms with E-state index in [0.717, 1.165) is 37.2 Å². The second kappa shape index (κ2) is 11.4. The van der Waals surface area contributed by atoms with E-state index in [0.29, 0.717) is 35.9 Å². The fourth-order valence-corrected chi connectivity index (χ4v) is 5.07. The van der Waals surface area contributed by atoms with Gasteiger partial charge in [0.05, 0.1) is 43.0 Å². The Labute approximate surface area is 199 Å². The molecule has 3 heterocycles. The third kappa shape index (κ3) is 5.99. The molecule has 1 unspecified atom stereocenters. The van der Waals surface area contributed by atoms with Gasteiger partial charge in [-0.15, -0.1) is 11.3 Å². The van der Waals surface area contributed by atoms with Gasteiger partial charge in [0.15, 0.2) is 0 Å². The highest BCUT2D eigenvalue weighted by atomic mass is 32.1. The van der Waals surface area contributed by atoms with Crippen molar-refractivity contribution in [2.45, 2.75) is 44.9 Å². The molecule has 1 aromatic heterocycles. The van der Waals surface area contributed by atoms with Crippen LogP contribution in [0.1, 0.15) is 52.0 Å². The molecule has 0 aliphatic carbocycles. The van der Waals surface area contributed by atoms with Crippen molar-refractivity contribution in [2.24, 2.45) is 4.99 Å². The van der Waals surface area contributed by atoms with Crippen LogP contribution in [0, 0.1) is 11.3 Å². The van der Waals surface area contributed by atoms with Crippen molar-refractivity contribution in [2.75, 3.05) is 33.4 Å². The number of carbonyl (C=O) groups is 1. The maximum atomic E-state index is 13.4. The van der Waals surface area contributed by atoms with Crippen LogP contribution in [-0.2, 0) is 22.6 Å². The quantitative estimate of drug-likeness (QED) is 0.427. The highest BCUT2D eigenvalue weighted by molar-refractivity contribution is 7.12. The highest BCUT2D eigenvalue weighted by Crippen LogP contribution is 2.33. The zero-order valence-corrected chi connectivity index (χ0v) is 19.9. The number of nitrogens with zero attached hydrogens (tertiary/aromatic N) is 4. The molecule has 2 saturated heterocycles. The Hall–Kier alpha value is -2.73. The fourth-order valence-electron chi connectivity index (χ4n) is 4.08. The maximum Gasteiger partial charge on any atom is 0.266 e. The van der Waals surface area contributed by atoms with Gasteiger partial charge in [0, 0.05) is 38.9 Å². The number of amides is 1. The van der Waals surface area contributed by atoms with E-state index in [1.54, 1.807) is 18.0 Å². The molecule has 174 valence electrons. The topological polar surface area (TPSA) is 78.2 Å². The van der Waals surface area contributed by atoms with Gasteiger partial charge in [-0.2, -0.15) is 5.26 Å². The van der Waals surface area contributed by atoms with Crippen LogP contribution in [0.2, 0.25) is 0 Å². The molecular formula is C25H30N4O3S. The zero-order valence-electron chi connectivity index (χ0n) is 19.0. The number of rotatable bonds is 8. The number of likely N-dealkylation sites (tertiary alicyclic amines) is 1. The molecule has 0 bridgehead atoms. The summed E-state index contributed by atoms with van der Waals surface area (Å²) >= 11 is 1.40. The predicted octanol–water partition coefficient (Wildman–Crippen LogP) is 4.34. The van der Waals surface area contributed by atoms with E-state index in [-0.39, 0.29) is 12.0 Å². The number of hydrogen-bond donors (Lipinski definition) is 0. The molecular weight excluding hydrogens is 436 g/mol. The summed E-state index contributed by atoms with van der Waals surface area (Å²) in [5.41, 5.74) is 3.03. The lowest BCUT2D eigenvalue weighted by atomic mass is 10.1. The van der Waals surface area contributed by atoms with Crippen molar-refractivity contribution < 1.29 is 14.3 Å². The fraction of sp³-hybridized carbons (Fsp3) is 0.480. The number of hydrogen-bond acceptors (Lipinski definition) is 6. The number of thiophene rings is 1. The van der Waals surface area contributed by atoms with Gasteiger partial charge in [-0.05, 0) is 42.7 Å². The summed E-state index contributed by atoms with van der Waals surface area (Å²) in [5, 5.41) is 11.4. The monoisotopic (exact) mass is 466 g/mol. The molecule has 4 rings (SSSR count). The smallest absolute Gasteiger partial charge is 0.266 e. The number of piperidine rings is 1. The summed E-state index contributed by atoms with van der Waals surface area (Å²) < 4.78 is 11.4. The first kappa shape index (κ1) is 23.4. The molecule has 7 nitrogen and oxygen atoms in total. The number of nitriles is 1. The summed E-state index contributed by atoms with van der Waals surface area (Å²) in [6.45, 7) is 4.10. The van der Waals surface area contributed by atoms with Gasteiger partial charge < -0.3 is 19.3 Å². The molecule has 0 N–H and O–H groups in total. The molecule has 33 heavy (non-hydrogen) atoms. The average Bonchev–Trinajstić information content (AvgIpc) is 3.51. The maximum absolute atomic E-state index is 13.4. The largest absolute Gasteiger partial charge is 0.379 e. The van der Waals surface area contributed by atoms with Crippen molar-refractivity contribution in [1.82, 2.24) is 9.80 Å². The number of ether oxygens (including phenoxy) is 2. The summed E-state index contributed by atoms with van der Waals surface area (Å²) in [6, 6.07) is 9.58. The SMILES string of the molecule is CN(Cc1ccccc1C#N)C(=O)c1scc(COC2CCOC2)c1N=CN1CCCCC1. The molecule has 2 aromatic rings. The summed E-state index contributed by atoms with van der Waals surface area (Å²) in [6.07, 6.45) is 6.45. The first-order valence-corrected chi connectivity index (χ1v) is 12.3. The van der Waals surface area contributed by atoms with Crippen LogP contribution in [0.25, 0.3) is 0 Å². The van der Waals surface area contributed by atoms with E-state index >= 15 is 0 Å². The molecule has 2 fully saturated rings. The third-order valence-electron chi connectivity index (χ3n) is 6.03. The molecule has 1 atom stereocenters. The van der Waals surface area contributed by atoms with Gasteiger partial charge >= 0.3 is 0 Å². The molecule has 8 heteroatoms. The molecule has 2 aliphatic rings. The zero-order chi connectivity index (χ0) is 23.0. The first-order valence-electron chi connectivity index (χ1n) is 11.5. The van der Waals surface area contributed by atoms with Crippen LogP contribution in [0.5, 0.6) is 0 Å². The van der Waals surface area contributed by atoms with Crippen LogP contribution < -0.4 is 0 Å². The van der Waals surface area contributed by atoms with E-state index in [4.69, 9.17) is 14.5 Å². The van der Waals surface area contributed by atoms with Crippen molar-refractivity contribution in [3.05, 3.63) is 51.2 Å². The normalized spacial score (nSPS) is 18.5.